The van der Waals surface area contributed by atoms with E-state index >= 15 is 0 Å². The zero-order chi connectivity index (χ0) is 19.5. The molecule has 0 aromatic heterocycles. The number of sulfone groups is 2. The van der Waals surface area contributed by atoms with Crippen LogP contribution in [-0.4, -0.2) is 35.3 Å². The molecule has 0 saturated carbocycles. The lowest BCUT2D eigenvalue weighted by Crippen LogP contribution is -2.24. The third kappa shape index (κ3) is 5.67. The van der Waals surface area contributed by atoms with Gasteiger partial charge < -0.3 is 5.32 Å². The molecular formula is C18H21NO5S2. The summed E-state index contributed by atoms with van der Waals surface area (Å²) in [4.78, 5) is 12.5. The Labute approximate surface area is 154 Å². The third-order valence-corrected chi connectivity index (χ3v) is 5.75. The van der Waals surface area contributed by atoms with Gasteiger partial charge in [-0.15, -0.1) is 0 Å². The van der Waals surface area contributed by atoms with Gasteiger partial charge in [0, 0.05) is 24.6 Å². The standard InChI is InChI=1S/C18H21NO5S2/c1-13-4-9-16(26(3,23)24)10-17(13)18(20)19-11-14-5-7-15(8-6-14)12-25(2,21)22/h4-10H,11-12H2,1-3H3,(H,19,20). The number of benzene rings is 2. The molecule has 0 saturated heterocycles. The molecular weight excluding hydrogens is 374 g/mol. The van der Waals surface area contributed by atoms with E-state index in [0.717, 1.165) is 11.8 Å². The van der Waals surface area contributed by atoms with Crippen molar-refractivity contribution in [3.05, 3.63) is 64.7 Å². The van der Waals surface area contributed by atoms with Crippen LogP contribution in [0.1, 0.15) is 27.0 Å². The number of hydrogen-bond acceptors (Lipinski definition) is 5. The first-order valence-electron chi connectivity index (χ1n) is 7.80. The molecule has 0 aliphatic rings. The minimum atomic E-state index is -3.39. The molecule has 2 aromatic carbocycles. The highest BCUT2D eigenvalue weighted by atomic mass is 32.2. The first kappa shape index (κ1) is 20.1. The average molecular weight is 396 g/mol. The van der Waals surface area contributed by atoms with Gasteiger partial charge in [-0.05, 0) is 35.7 Å². The Bertz CT molecular complexity index is 1020. The molecule has 0 aliphatic carbocycles. The van der Waals surface area contributed by atoms with E-state index in [1.807, 2.05) is 0 Å². The van der Waals surface area contributed by atoms with Crippen LogP contribution >= 0.6 is 0 Å². The molecule has 0 radical (unpaired) electrons. The number of aryl methyl sites for hydroxylation is 1. The lowest BCUT2D eigenvalue weighted by Gasteiger charge is -2.10. The molecule has 0 heterocycles. The molecule has 2 rings (SSSR count). The van der Waals surface area contributed by atoms with Crippen LogP contribution in [0.2, 0.25) is 0 Å². The molecule has 1 amide bonds. The quantitative estimate of drug-likeness (QED) is 0.805. The summed E-state index contributed by atoms with van der Waals surface area (Å²) in [6.45, 7) is 1.99. The van der Waals surface area contributed by atoms with Crippen LogP contribution in [0.3, 0.4) is 0 Å². The second kappa shape index (κ2) is 7.59. The van der Waals surface area contributed by atoms with Crippen molar-refractivity contribution in [1.29, 1.82) is 0 Å². The monoisotopic (exact) mass is 395 g/mol. The Morgan fingerprint density at radius 3 is 2.04 bits per heavy atom. The van der Waals surface area contributed by atoms with Crippen molar-refractivity contribution < 1.29 is 21.6 Å². The van der Waals surface area contributed by atoms with E-state index in [1.54, 1.807) is 37.3 Å². The zero-order valence-corrected chi connectivity index (χ0v) is 16.4. The lowest BCUT2D eigenvalue weighted by molar-refractivity contribution is 0.0950. The van der Waals surface area contributed by atoms with E-state index in [1.165, 1.54) is 18.4 Å². The van der Waals surface area contributed by atoms with Crippen molar-refractivity contribution in [2.75, 3.05) is 12.5 Å². The van der Waals surface area contributed by atoms with Gasteiger partial charge in [-0.25, -0.2) is 16.8 Å². The highest BCUT2D eigenvalue weighted by molar-refractivity contribution is 7.90. The largest absolute Gasteiger partial charge is 0.348 e. The molecule has 0 unspecified atom stereocenters. The number of rotatable bonds is 6. The Balaban J connectivity index is 2.09. The fourth-order valence-electron chi connectivity index (χ4n) is 2.41. The second-order valence-corrected chi connectivity index (χ2v) is 10.5. The Hall–Kier alpha value is -2.19. The molecule has 6 nitrogen and oxygen atoms in total. The summed E-state index contributed by atoms with van der Waals surface area (Å²) in [6.07, 6.45) is 2.27. The topological polar surface area (TPSA) is 97.4 Å². The van der Waals surface area contributed by atoms with Crippen molar-refractivity contribution in [1.82, 2.24) is 5.32 Å². The van der Waals surface area contributed by atoms with E-state index in [0.29, 0.717) is 16.7 Å². The van der Waals surface area contributed by atoms with Crippen molar-refractivity contribution in [3.63, 3.8) is 0 Å². The second-order valence-electron chi connectivity index (χ2n) is 6.32. The summed E-state index contributed by atoms with van der Waals surface area (Å²) >= 11 is 0. The van der Waals surface area contributed by atoms with E-state index < -0.39 is 19.7 Å². The summed E-state index contributed by atoms with van der Waals surface area (Å²) in [7, 11) is -6.48. The highest BCUT2D eigenvalue weighted by Gasteiger charge is 2.14. The van der Waals surface area contributed by atoms with Gasteiger partial charge in [-0.2, -0.15) is 0 Å². The molecule has 0 fully saturated rings. The van der Waals surface area contributed by atoms with Crippen LogP contribution in [0.25, 0.3) is 0 Å². The zero-order valence-electron chi connectivity index (χ0n) is 14.8. The normalized spacial score (nSPS) is 12.0. The van der Waals surface area contributed by atoms with Crippen molar-refractivity contribution in [2.24, 2.45) is 0 Å². The fraction of sp³-hybridized carbons (Fsp3) is 0.278. The Morgan fingerprint density at radius 2 is 1.50 bits per heavy atom. The predicted octanol–water partition coefficient (Wildman–Crippen LogP) is 1.87. The van der Waals surface area contributed by atoms with Gasteiger partial charge >= 0.3 is 0 Å². The molecule has 8 heteroatoms. The van der Waals surface area contributed by atoms with Gasteiger partial charge in [0.2, 0.25) is 0 Å². The summed E-state index contributed by atoms with van der Waals surface area (Å²) in [5.74, 6) is -0.398. The predicted molar refractivity (Wildman–Crippen MR) is 100 cm³/mol. The Kier molecular flexibility index (Phi) is 5.87. The van der Waals surface area contributed by atoms with Gasteiger partial charge in [0.15, 0.2) is 19.7 Å². The van der Waals surface area contributed by atoms with Crippen molar-refractivity contribution in [3.8, 4) is 0 Å². The SMILES string of the molecule is Cc1ccc(S(C)(=O)=O)cc1C(=O)NCc1ccc(CS(C)(=O)=O)cc1. The lowest BCUT2D eigenvalue weighted by atomic mass is 10.1. The summed E-state index contributed by atoms with van der Waals surface area (Å²) in [5, 5.41) is 2.75. The van der Waals surface area contributed by atoms with Gasteiger partial charge in [-0.3, -0.25) is 4.79 Å². The fourth-order valence-corrected chi connectivity index (χ4v) is 3.86. The van der Waals surface area contributed by atoms with Crippen LogP contribution in [0, 0.1) is 6.92 Å². The average Bonchev–Trinajstić information content (AvgIpc) is 2.51. The maximum atomic E-state index is 12.4. The Morgan fingerprint density at radius 1 is 0.923 bits per heavy atom. The smallest absolute Gasteiger partial charge is 0.251 e. The van der Waals surface area contributed by atoms with E-state index in [4.69, 9.17) is 0 Å². The molecule has 0 aliphatic heterocycles. The first-order valence-corrected chi connectivity index (χ1v) is 11.8. The molecule has 0 bridgehead atoms. The molecule has 2 aromatic rings. The third-order valence-electron chi connectivity index (χ3n) is 3.79. The van der Waals surface area contributed by atoms with Crippen LogP contribution < -0.4 is 5.32 Å². The number of carbonyl (C=O) groups is 1. The van der Waals surface area contributed by atoms with Crippen LogP contribution in [0.15, 0.2) is 47.4 Å². The maximum absolute atomic E-state index is 12.4. The number of nitrogens with one attached hydrogen (secondary N) is 1. The maximum Gasteiger partial charge on any atom is 0.251 e. The number of carbonyl (C=O) groups excluding carboxylic acids is 1. The molecule has 0 spiro atoms. The van der Waals surface area contributed by atoms with Crippen LogP contribution in [-0.2, 0) is 32.0 Å². The summed E-state index contributed by atoms with van der Waals surface area (Å²) in [6, 6.07) is 11.4. The van der Waals surface area contributed by atoms with Gasteiger partial charge in [0.25, 0.3) is 5.91 Å². The summed E-state index contributed by atoms with van der Waals surface area (Å²) < 4.78 is 45.9. The molecule has 26 heavy (non-hydrogen) atoms. The molecule has 140 valence electrons. The van der Waals surface area contributed by atoms with E-state index in [9.17, 15) is 21.6 Å². The van der Waals surface area contributed by atoms with E-state index in [-0.39, 0.29) is 23.1 Å². The van der Waals surface area contributed by atoms with Crippen LogP contribution in [0.5, 0.6) is 0 Å². The minimum Gasteiger partial charge on any atom is -0.348 e. The van der Waals surface area contributed by atoms with Gasteiger partial charge in [0.1, 0.15) is 0 Å². The first-order chi connectivity index (χ1) is 12.0. The number of hydrogen-bond donors (Lipinski definition) is 1. The minimum absolute atomic E-state index is 0.0306. The molecule has 0 atom stereocenters. The van der Waals surface area contributed by atoms with Crippen molar-refractivity contribution in [2.45, 2.75) is 24.1 Å². The van der Waals surface area contributed by atoms with Gasteiger partial charge in [0.05, 0.1) is 10.6 Å². The highest BCUT2D eigenvalue weighted by Crippen LogP contribution is 2.16. The van der Waals surface area contributed by atoms with Gasteiger partial charge in [-0.1, -0.05) is 30.3 Å². The summed E-state index contributed by atoms with van der Waals surface area (Å²) in [5.41, 5.74) is 2.48. The van der Waals surface area contributed by atoms with E-state index in [2.05, 4.69) is 5.32 Å². The van der Waals surface area contributed by atoms with Crippen molar-refractivity contribution >= 4 is 25.6 Å². The molecule has 1 N–H and O–H groups in total. The number of amides is 1. The van der Waals surface area contributed by atoms with Crippen LogP contribution in [0.4, 0.5) is 0 Å².